The van der Waals surface area contributed by atoms with Gasteiger partial charge in [0.2, 0.25) is 0 Å². The lowest BCUT2D eigenvalue weighted by atomic mass is 10.1. The van der Waals surface area contributed by atoms with Gasteiger partial charge < -0.3 is 5.11 Å². The van der Waals surface area contributed by atoms with E-state index in [1.54, 1.807) is 0 Å². The summed E-state index contributed by atoms with van der Waals surface area (Å²) in [6, 6.07) is 10.3. The first-order valence-electron chi connectivity index (χ1n) is 4.96. The molecule has 1 fully saturated rings. The molecule has 0 radical (unpaired) electrons. The third-order valence-electron chi connectivity index (χ3n) is 2.41. The fourth-order valence-corrected chi connectivity index (χ4v) is 1.59. The largest absolute Gasteiger partial charge is 0.390 e. The molecule has 0 aliphatic carbocycles. The highest BCUT2D eigenvalue weighted by Crippen LogP contribution is 2.07. The smallest absolute Gasteiger partial charge is 0.0794 e. The van der Waals surface area contributed by atoms with Crippen LogP contribution >= 0.6 is 0 Å². The molecule has 1 aromatic rings. The molecule has 14 heavy (non-hydrogen) atoms. The van der Waals surface area contributed by atoms with Crippen molar-refractivity contribution in [3.8, 4) is 0 Å². The van der Waals surface area contributed by atoms with E-state index in [1.807, 2.05) is 18.2 Å². The van der Waals surface area contributed by atoms with Gasteiger partial charge in [0.25, 0.3) is 0 Å². The summed E-state index contributed by atoms with van der Waals surface area (Å²) in [4.78, 5) is 2.21. The highest BCUT2D eigenvalue weighted by Gasteiger charge is 2.22. The van der Waals surface area contributed by atoms with Crippen molar-refractivity contribution in [3.05, 3.63) is 42.0 Å². The molecule has 1 saturated heterocycles. The van der Waals surface area contributed by atoms with Gasteiger partial charge in [-0.1, -0.05) is 42.5 Å². The maximum Gasteiger partial charge on any atom is 0.0794 e. The molecule has 0 atom stereocenters. The quantitative estimate of drug-likeness (QED) is 0.776. The molecule has 1 aliphatic rings. The lowest BCUT2D eigenvalue weighted by Crippen LogP contribution is -2.50. The second kappa shape index (κ2) is 4.40. The Morgan fingerprint density at radius 3 is 2.64 bits per heavy atom. The van der Waals surface area contributed by atoms with E-state index in [4.69, 9.17) is 5.11 Å². The Balaban J connectivity index is 1.78. The van der Waals surface area contributed by atoms with E-state index in [1.165, 1.54) is 5.56 Å². The molecule has 0 aromatic heterocycles. The molecule has 0 bridgehead atoms. The van der Waals surface area contributed by atoms with Crippen molar-refractivity contribution in [3.63, 3.8) is 0 Å². The van der Waals surface area contributed by atoms with Crippen LogP contribution in [0.5, 0.6) is 0 Å². The van der Waals surface area contributed by atoms with Gasteiger partial charge in [0, 0.05) is 19.6 Å². The van der Waals surface area contributed by atoms with Gasteiger partial charge in [-0.05, 0) is 5.56 Å². The SMILES string of the molecule is OC1CN(CC=Cc2ccccc2)C1. The van der Waals surface area contributed by atoms with Crippen LogP contribution in [0, 0.1) is 0 Å². The number of β-amino-alcohol motifs (C(OH)–C–C–N with tert-alkyl or cyclic N) is 1. The number of hydrogen-bond donors (Lipinski definition) is 1. The molecule has 0 saturated carbocycles. The van der Waals surface area contributed by atoms with Crippen LogP contribution in [-0.2, 0) is 0 Å². The molecule has 2 rings (SSSR count). The monoisotopic (exact) mass is 189 g/mol. The van der Waals surface area contributed by atoms with Crippen LogP contribution in [0.3, 0.4) is 0 Å². The Hall–Kier alpha value is -1.12. The van der Waals surface area contributed by atoms with E-state index < -0.39 is 0 Å². The number of rotatable bonds is 3. The minimum atomic E-state index is -0.0971. The highest BCUT2D eigenvalue weighted by molar-refractivity contribution is 5.48. The molecule has 0 amide bonds. The number of hydrogen-bond acceptors (Lipinski definition) is 2. The predicted molar refractivity (Wildman–Crippen MR) is 57.9 cm³/mol. The number of aliphatic hydroxyl groups is 1. The Morgan fingerprint density at radius 1 is 1.29 bits per heavy atom. The van der Waals surface area contributed by atoms with Gasteiger partial charge in [-0.3, -0.25) is 4.90 Å². The molecule has 74 valence electrons. The number of aliphatic hydroxyl groups excluding tert-OH is 1. The van der Waals surface area contributed by atoms with E-state index in [0.29, 0.717) is 0 Å². The number of likely N-dealkylation sites (tertiary alicyclic amines) is 1. The van der Waals surface area contributed by atoms with Crippen LogP contribution in [0.2, 0.25) is 0 Å². The van der Waals surface area contributed by atoms with Crippen molar-refractivity contribution in [1.82, 2.24) is 4.90 Å². The Labute approximate surface area is 84.5 Å². The van der Waals surface area contributed by atoms with Crippen LogP contribution in [-0.4, -0.2) is 35.7 Å². The third-order valence-corrected chi connectivity index (χ3v) is 2.41. The minimum Gasteiger partial charge on any atom is -0.390 e. The minimum absolute atomic E-state index is 0.0971. The van der Waals surface area contributed by atoms with Crippen LogP contribution in [0.15, 0.2) is 36.4 Å². The summed E-state index contributed by atoms with van der Waals surface area (Å²) in [5.41, 5.74) is 1.23. The zero-order valence-corrected chi connectivity index (χ0v) is 8.13. The molecule has 2 heteroatoms. The van der Waals surface area contributed by atoms with Crippen molar-refractivity contribution in [2.24, 2.45) is 0 Å². The molecule has 0 unspecified atom stereocenters. The van der Waals surface area contributed by atoms with Crippen LogP contribution in [0.1, 0.15) is 5.56 Å². The van der Waals surface area contributed by atoms with Crippen LogP contribution < -0.4 is 0 Å². The summed E-state index contributed by atoms with van der Waals surface area (Å²) < 4.78 is 0. The maximum atomic E-state index is 9.07. The molecule has 1 heterocycles. The standard InChI is InChI=1S/C12H15NO/c14-12-9-13(10-12)8-4-7-11-5-2-1-3-6-11/h1-7,12,14H,8-10H2. The highest BCUT2D eigenvalue weighted by atomic mass is 16.3. The first-order chi connectivity index (χ1) is 6.84. The molecule has 1 aromatic carbocycles. The van der Waals surface area contributed by atoms with Crippen molar-refractivity contribution < 1.29 is 5.11 Å². The second-order valence-corrected chi connectivity index (χ2v) is 3.69. The Morgan fingerprint density at radius 2 is 2.00 bits per heavy atom. The van der Waals surface area contributed by atoms with E-state index in [-0.39, 0.29) is 6.10 Å². The lowest BCUT2D eigenvalue weighted by Gasteiger charge is -2.34. The van der Waals surface area contributed by atoms with Gasteiger partial charge in [-0.2, -0.15) is 0 Å². The molecule has 1 aliphatic heterocycles. The molecular weight excluding hydrogens is 174 g/mol. The van der Waals surface area contributed by atoms with Crippen molar-refractivity contribution in [2.75, 3.05) is 19.6 Å². The molecular formula is C12H15NO. The van der Waals surface area contributed by atoms with E-state index in [2.05, 4.69) is 29.2 Å². The number of benzene rings is 1. The van der Waals surface area contributed by atoms with E-state index >= 15 is 0 Å². The first-order valence-corrected chi connectivity index (χ1v) is 4.96. The molecule has 2 nitrogen and oxygen atoms in total. The molecule has 0 spiro atoms. The van der Waals surface area contributed by atoms with Gasteiger partial charge in [-0.25, -0.2) is 0 Å². The lowest BCUT2D eigenvalue weighted by molar-refractivity contribution is 0.00992. The number of nitrogens with zero attached hydrogens (tertiary/aromatic N) is 1. The summed E-state index contributed by atoms with van der Waals surface area (Å²) in [7, 11) is 0. The van der Waals surface area contributed by atoms with Crippen molar-refractivity contribution in [1.29, 1.82) is 0 Å². The topological polar surface area (TPSA) is 23.5 Å². The van der Waals surface area contributed by atoms with Gasteiger partial charge in [0.05, 0.1) is 6.10 Å². The van der Waals surface area contributed by atoms with Crippen molar-refractivity contribution >= 4 is 6.08 Å². The van der Waals surface area contributed by atoms with Gasteiger partial charge in [0.1, 0.15) is 0 Å². The zero-order valence-electron chi connectivity index (χ0n) is 8.13. The summed E-state index contributed by atoms with van der Waals surface area (Å²) in [5, 5.41) is 9.07. The van der Waals surface area contributed by atoms with Gasteiger partial charge in [-0.15, -0.1) is 0 Å². The van der Waals surface area contributed by atoms with E-state index in [9.17, 15) is 0 Å². The first kappa shape index (κ1) is 9.44. The maximum absolute atomic E-state index is 9.07. The van der Waals surface area contributed by atoms with Crippen LogP contribution in [0.25, 0.3) is 6.08 Å². The normalized spacial score (nSPS) is 18.6. The van der Waals surface area contributed by atoms with Gasteiger partial charge in [0.15, 0.2) is 0 Å². The molecule has 1 N–H and O–H groups in total. The average molecular weight is 189 g/mol. The Bertz CT molecular complexity index is 301. The Kier molecular flexibility index (Phi) is 2.96. The van der Waals surface area contributed by atoms with Crippen LogP contribution in [0.4, 0.5) is 0 Å². The van der Waals surface area contributed by atoms with E-state index in [0.717, 1.165) is 19.6 Å². The summed E-state index contributed by atoms with van der Waals surface area (Å²) in [6.07, 6.45) is 4.16. The fraction of sp³-hybridized carbons (Fsp3) is 0.333. The summed E-state index contributed by atoms with van der Waals surface area (Å²) in [5.74, 6) is 0. The fourth-order valence-electron chi connectivity index (χ4n) is 1.59. The predicted octanol–water partition coefficient (Wildman–Crippen LogP) is 1.38. The third kappa shape index (κ3) is 2.44. The van der Waals surface area contributed by atoms with Crippen molar-refractivity contribution in [2.45, 2.75) is 6.10 Å². The second-order valence-electron chi connectivity index (χ2n) is 3.69. The average Bonchev–Trinajstić information content (AvgIpc) is 2.17. The van der Waals surface area contributed by atoms with Gasteiger partial charge >= 0.3 is 0 Å². The summed E-state index contributed by atoms with van der Waals surface area (Å²) in [6.45, 7) is 2.57. The zero-order chi connectivity index (χ0) is 9.80. The summed E-state index contributed by atoms with van der Waals surface area (Å²) >= 11 is 0.